The van der Waals surface area contributed by atoms with E-state index in [1.54, 1.807) is 0 Å². The summed E-state index contributed by atoms with van der Waals surface area (Å²) in [5, 5.41) is 4.06. The first-order chi connectivity index (χ1) is 7.72. The van der Waals surface area contributed by atoms with Crippen molar-refractivity contribution in [1.82, 2.24) is 14.2 Å². The van der Waals surface area contributed by atoms with Crippen LogP contribution >= 0.6 is 28.3 Å². The summed E-state index contributed by atoms with van der Waals surface area (Å²) in [5.74, 6) is 0. The fourth-order valence-electron chi connectivity index (χ4n) is 1.09. The van der Waals surface area contributed by atoms with Crippen molar-refractivity contribution in [2.75, 3.05) is 0 Å². The van der Waals surface area contributed by atoms with E-state index in [1.807, 2.05) is 30.3 Å². The Balaban J connectivity index is 2.41. The molecular formula is C8H6BrFN4S2. The average Bonchev–Trinajstić information content (AvgIpc) is 2.70. The molecule has 2 aromatic rings. The molecule has 2 rings (SSSR count). The zero-order valence-corrected chi connectivity index (χ0v) is 11.0. The fourth-order valence-corrected chi connectivity index (χ4v) is 3.17. The van der Waals surface area contributed by atoms with Gasteiger partial charge in [-0.15, -0.1) is 13.1 Å². The summed E-state index contributed by atoms with van der Waals surface area (Å²) in [7, 11) is -1.04. The van der Waals surface area contributed by atoms with Gasteiger partial charge in [0, 0.05) is 4.90 Å². The van der Waals surface area contributed by atoms with Crippen molar-refractivity contribution in [3.63, 3.8) is 0 Å². The number of hydrogen-bond acceptors (Lipinski definition) is 4. The molecule has 0 aliphatic carbocycles. The van der Waals surface area contributed by atoms with Crippen LogP contribution in [0.5, 0.6) is 0 Å². The molecule has 0 saturated heterocycles. The van der Waals surface area contributed by atoms with Gasteiger partial charge >= 0.3 is 0 Å². The van der Waals surface area contributed by atoms with Gasteiger partial charge < -0.3 is 0 Å². The highest BCUT2D eigenvalue weighted by molar-refractivity contribution is 9.10. The standard InChI is InChI=1S/C8H6BrFN4S2/c9-7-12-8(14(13-7)15-10)16(11)6-4-2-1-3-5-6/h1-5,11H. The molecule has 0 aliphatic rings. The predicted octanol–water partition coefficient (Wildman–Crippen LogP) is 3.22. The van der Waals surface area contributed by atoms with Crippen LogP contribution in [0.1, 0.15) is 0 Å². The highest BCUT2D eigenvalue weighted by atomic mass is 79.9. The van der Waals surface area contributed by atoms with Gasteiger partial charge in [0.25, 0.3) is 0 Å². The number of halogens is 2. The van der Waals surface area contributed by atoms with Crippen molar-refractivity contribution in [1.29, 1.82) is 4.78 Å². The Bertz CT molecular complexity index is 516. The second kappa shape index (κ2) is 5.07. The molecule has 1 N–H and O–H groups in total. The quantitative estimate of drug-likeness (QED) is 0.944. The van der Waals surface area contributed by atoms with Crippen LogP contribution < -0.4 is 0 Å². The van der Waals surface area contributed by atoms with E-state index >= 15 is 0 Å². The lowest BCUT2D eigenvalue weighted by molar-refractivity contribution is 0.824. The molecule has 1 atom stereocenters. The molecular weight excluding hydrogens is 315 g/mol. The Kier molecular flexibility index (Phi) is 3.72. The van der Waals surface area contributed by atoms with E-state index in [2.05, 4.69) is 26.0 Å². The first-order valence-corrected chi connectivity index (χ1v) is 6.83. The average molecular weight is 321 g/mol. The largest absolute Gasteiger partial charge is 0.268 e. The summed E-state index contributed by atoms with van der Waals surface area (Å²) in [6, 6.07) is 9.16. The Hall–Kier alpha value is -0.730. The third kappa shape index (κ3) is 2.33. The van der Waals surface area contributed by atoms with E-state index in [9.17, 15) is 3.89 Å². The lowest BCUT2D eigenvalue weighted by atomic mass is 10.4. The normalized spacial score (nSPS) is 12.6. The minimum absolute atomic E-state index is 0.0607. The molecule has 1 aromatic carbocycles. The van der Waals surface area contributed by atoms with E-state index in [0.29, 0.717) is 0 Å². The van der Waals surface area contributed by atoms with Gasteiger partial charge in [-0.25, -0.2) is 0 Å². The Morgan fingerprint density at radius 3 is 2.69 bits per heavy atom. The first kappa shape index (κ1) is 11.7. The summed E-state index contributed by atoms with van der Waals surface area (Å²) in [5.41, 5.74) is 0. The van der Waals surface area contributed by atoms with Gasteiger partial charge in [-0.2, -0.15) is 4.98 Å². The van der Waals surface area contributed by atoms with Crippen molar-refractivity contribution in [2.24, 2.45) is 0 Å². The zero-order valence-electron chi connectivity index (χ0n) is 7.80. The first-order valence-electron chi connectivity index (χ1n) is 4.14. The van der Waals surface area contributed by atoms with Crippen LogP contribution in [0, 0.1) is 4.78 Å². The molecule has 84 valence electrons. The van der Waals surface area contributed by atoms with Crippen molar-refractivity contribution in [2.45, 2.75) is 10.1 Å². The molecule has 0 radical (unpaired) electrons. The third-order valence-electron chi connectivity index (χ3n) is 1.75. The monoisotopic (exact) mass is 320 g/mol. The van der Waals surface area contributed by atoms with Gasteiger partial charge in [0.05, 0.1) is 0 Å². The van der Waals surface area contributed by atoms with E-state index in [1.165, 1.54) is 0 Å². The summed E-state index contributed by atoms with van der Waals surface area (Å²) < 4.78 is 21.9. The van der Waals surface area contributed by atoms with Crippen LogP contribution in [-0.4, -0.2) is 14.2 Å². The molecule has 0 spiro atoms. The Labute approximate surface area is 107 Å². The Morgan fingerprint density at radius 2 is 2.06 bits per heavy atom. The van der Waals surface area contributed by atoms with E-state index < -0.39 is 10.7 Å². The van der Waals surface area contributed by atoms with Crippen molar-refractivity contribution in [3.05, 3.63) is 35.1 Å². The third-order valence-corrected chi connectivity index (χ3v) is 3.96. The number of nitrogens with zero attached hydrogens (tertiary/aromatic N) is 3. The van der Waals surface area contributed by atoms with Gasteiger partial charge in [0.2, 0.25) is 9.89 Å². The van der Waals surface area contributed by atoms with Gasteiger partial charge in [-0.3, -0.25) is 4.78 Å². The lowest BCUT2D eigenvalue weighted by Gasteiger charge is -2.02. The van der Waals surface area contributed by atoms with Gasteiger partial charge in [0.15, 0.2) is 12.3 Å². The molecule has 0 bridgehead atoms. The summed E-state index contributed by atoms with van der Waals surface area (Å²) in [6.07, 6.45) is 0. The van der Waals surface area contributed by atoms with Crippen LogP contribution in [-0.2, 0) is 10.7 Å². The minimum Gasteiger partial charge on any atom is -0.268 e. The number of rotatable bonds is 3. The second-order valence-corrected chi connectivity index (χ2v) is 5.37. The number of nitrogens with one attached hydrogen (secondary N) is 1. The van der Waals surface area contributed by atoms with E-state index in [-0.39, 0.29) is 22.2 Å². The molecule has 0 fully saturated rings. The zero-order chi connectivity index (χ0) is 11.5. The van der Waals surface area contributed by atoms with E-state index in [4.69, 9.17) is 4.78 Å². The molecule has 1 unspecified atom stereocenters. The van der Waals surface area contributed by atoms with Gasteiger partial charge in [0.1, 0.15) is 0 Å². The lowest BCUT2D eigenvalue weighted by Crippen LogP contribution is -1.99. The van der Waals surface area contributed by atoms with Crippen molar-refractivity contribution >= 4 is 39.0 Å². The van der Waals surface area contributed by atoms with E-state index in [0.717, 1.165) is 8.98 Å². The van der Waals surface area contributed by atoms with Crippen LogP contribution in [0.3, 0.4) is 0 Å². The van der Waals surface area contributed by atoms with Crippen molar-refractivity contribution in [3.8, 4) is 0 Å². The number of aromatic nitrogens is 3. The summed E-state index contributed by atoms with van der Waals surface area (Å²) in [6.45, 7) is 0. The maximum Gasteiger partial charge on any atom is 0.219 e. The highest BCUT2D eigenvalue weighted by Crippen LogP contribution is 2.21. The topological polar surface area (TPSA) is 54.6 Å². The minimum atomic E-state index is -1.04. The van der Waals surface area contributed by atoms with Gasteiger partial charge in [-0.05, 0) is 38.8 Å². The van der Waals surface area contributed by atoms with Crippen LogP contribution in [0.25, 0.3) is 0 Å². The predicted molar refractivity (Wildman–Crippen MR) is 64.9 cm³/mol. The second-order valence-electron chi connectivity index (χ2n) is 2.72. The molecule has 4 nitrogen and oxygen atoms in total. The Morgan fingerprint density at radius 1 is 1.38 bits per heavy atom. The van der Waals surface area contributed by atoms with Crippen molar-refractivity contribution < 1.29 is 3.89 Å². The number of benzene rings is 1. The molecule has 0 saturated carbocycles. The highest BCUT2D eigenvalue weighted by Gasteiger charge is 2.14. The summed E-state index contributed by atoms with van der Waals surface area (Å²) in [4.78, 5) is 4.77. The maximum absolute atomic E-state index is 12.6. The molecule has 1 aromatic heterocycles. The number of hydrogen-bond donors (Lipinski definition) is 1. The molecule has 0 aliphatic heterocycles. The molecule has 1 heterocycles. The van der Waals surface area contributed by atoms with Crippen LogP contribution in [0.4, 0.5) is 3.89 Å². The van der Waals surface area contributed by atoms with Gasteiger partial charge in [-0.1, -0.05) is 18.2 Å². The van der Waals surface area contributed by atoms with Crippen LogP contribution in [0.2, 0.25) is 0 Å². The van der Waals surface area contributed by atoms with Crippen LogP contribution in [0.15, 0.2) is 45.1 Å². The molecule has 0 amide bonds. The SMILES string of the molecule is N=S(c1ccccc1)c1nc(Br)nn1SF. The maximum atomic E-state index is 12.6. The molecule has 16 heavy (non-hydrogen) atoms. The fraction of sp³-hybridized carbons (Fsp3) is 0. The smallest absolute Gasteiger partial charge is 0.219 e. The summed E-state index contributed by atoms with van der Waals surface area (Å²) >= 11 is 3.00. The molecule has 8 heteroatoms.